The third kappa shape index (κ3) is 1.54. The highest BCUT2D eigenvalue weighted by Crippen LogP contribution is 2.56. The highest BCUT2D eigenvalue weighted by molar-refractivity contribution is 5.86. The third-order valence-corrected chi connectivity index (χ3v) is 5.42. The van der Waals surface area contributed by atoms with Gasteiger partial charge in [-0.1, -0.05) is 0 Å². The van der Waals surface area contributed by atoms with Crippen LogP contribution in [-0.4, -0.2) is 18.9 Å². The van der Waals surface area contributed by atoms with Crippen molar-refractivity contribution in [2.45, 2.75) is 45.1 Å². The molecule has 0 amide bonds. The first-order valence-electron chi connectivity index (χ1n) is 6.90. The SMILES string of the molecule is CNC(C)C(=O)C1C2CC3CC(C2)CC1C3. The van der Waals surface area contributed by atoms with Crippen LogP contribution in [0.5, 0.6) is 0 Å². The van der Waals surface area contributed by atoms with E-state index in [0.29, 0.717) is 11.7 Å². The molecule has 4 aliphatic carbocycles. The molecule has 1 N–H and O–H groups in total. The van der Waals surface area contributed by atoms with Gasteiger partial charge in [-0.2, -0.15) is 0 Å². The molecule has 0 saturated heterocycles. The largest absolute Gasteiger partial charge is 0.311 e. The molecule has 0 aliphatic heterocycles. The average Bonchev–Trinajstić information content (AvgIpc) is 2.26. The second kappa shape index (κ2) is 3.83. The van der Waals surface area contributed by atoms with Crippen LogP contribution >= 0.6 is 0 Å². The van der Waals surface area contributed by atoms with E-state index >= 15 is 0 Å². The Hall–Kier alpha value is -0.370. The standard InChI is InChI=1S/C14H23NO/c1-8(15-2)14(16)13-11-4-9-3-10(6-11)7-12(13)5-9/h8-13,15H,3-7H2,1-2H3. The summed E-state index contributed by atoms with van der Waals surface area (Å²) in [5.74, 6) is 4.30. The Kier molecular flexibility index (Phi) is 2.58. The van der Waals surface area contributed by atoms with Crippen molar-refractivity contribution in [2.75, 3.05) is 7.05 Å². The zero-order chi connectivity index (χ0) is 11.3. The quantitative estimate of drug-likeness (QED) is 0.792. The van der Waals surface area contributed by atoms with Crippen molar-refractivity contribution in [3.63, 3.8) is 0 Å². The number of nitrogens with one attached hydrogen (secondary N) is 1. The zero-order valence-corrected chi connectivity index (χ0v) is 10.4. The van der Waals surface area contributed by atoms with E-state index in [1.54, 1.807) is 0 Å². The Bertz CT molecular complexity index is 271. The Morgan fingerprint density at radius 2 is 1.56 bits per heavy atom. The molecule has 4 rings (SSSR count). The van der Waals surface area contributed by atoms with Gasteiger partial charge in [0.1, 0.15) is 0 Å². The fraction of sp³-hybridized carbons (Fsp3) is 0.929. The lowest BCUT2D eigenvalue weighted by atomic mass is 9.51. The summed E-state index contributed by atoms with van der Waals surface area (Å²) in [6.45, 7) is 2.02. The first kappa shape index (κ1) is 10.8. The lowest BCUT2D eigenvalue weighted by Gasteiger charge is -2.54. The Balaban J connectivity index is 1.79. The number of Topliss-reactive ketones (excluding diaryl/α,β-unsaturated/α-hetero) is 1. The minimum atomic E-state index is 0.0579. The van der Waals surface area contributed by atoms with E-state index in [-0.39, 0.29) is 6.04 Å². The Morgan fingerprint density at radius 3 is 2.00 bits per heavy atom. The van der Waals surface area contributed by atoms with Crippen LogP contribution in [0.4, 0.5) is 0 Å². The van der Waals surface area contributed by atoms with Crippen LogP contribution in [0.2, 0.25) is 0 Å². The summed E-state index contributed by atoms with van der Waals surface area (Å²) in [6.07, 6.45) is 6.86. The van der Waals surface area contributed by atoms with E-state index in [0.717, 1.165) is 23.7 Å². The van der Waals surface area contributed by atoms with Crippen molar-refractivity contribution < 1.29 is 4.79 Å². The molecule has 1 unspecified atom stereocenters. The molecule has 2 nitrogen and oxygen atoms in total. The summed E-state index contributed by atoms with van der Waals surface area (Å²) < 4.78 is 0. The smallest absolute Gasteiger partial charge is 0.153 e. The topological polar surface area (TPSA) is 29.1 Å². The maximum atomic E-state index is 12.4. The van der Waals surface area contributed by atoms with Crippen LogP contribution in [0.3, 0.4) is 0 Å². The van der Waals surface area contributed by atoms with Crippen molar-refractivity contribution in [1.82, 2.24) is 5.32 Å². The summed E-state index contributed by atoms with van der Waals surface area (Å²) >= 11 is 0. The predicted molar refractivity (Wildman–Crippen MR) is 64.1 cm³/mol. The van der Waals surface area contributed by atoms with E-state index in [9.17, 15) is 4.79 Å². The number of hydrogen-bond acceptors (Lipinski definition) is 2. The van der Waals surface area contributed by atoms with Gasteiger partial charge in [0, 0.05) is 5.92 Å². The molecule has 4 aliphatic rings. The summed E-state index contributed by atoms with van der Waals surface area (Å²) in [4.78, 5) is 12.4. The summed E-state index contributed by atoms with van der Waals surface area (Å²) in [5.41, 5.74) is 0. The van der Waals surface area contributed by atoms with Gasteiger partial charge in [-0.3, -0.25) is 4.79 Å². The molecule has 2 heteroatoms. The maximum absolute atomic E-state index is 12.4. The van der Waals surface area contributed by atoms with Crippen LogP contribution in [0.1, 0.15) is 39.0 Å². The minimum Gasteiger partial charge on any atom is -0.311 e. The van der Waals surface area contributed by atoms with E-state index in [4.69, 9.17) is 0 Å². The monoisotopic (exact) mass is 221 g/mol. The highest BCUT2D eigenvalue weighted by Gasteiger charge is 2.50. The molecule has 0 radical (unpaired) electrons. The van der Waals surface area contributed by atoms with Gasteiger partial charge in [-0.25, -0.2) is 0 Å². The molecular weight excluding hydrogens is 198 g/mol. The lowest BCUT2D eigenvalue weighted by molar-refractivity contribution is -0.137. The zero-order valence-electron chi connectivity index (χ0n) is 10.4. The van der Waals surface area contributed by atoms with Crippen molar-refractivity contribution in [2.24, 2.45) is 29.6 Å². The van der Waals surface area contributed by atoms with Gasteiger partial charge in [-0.15, -0.1) is 0 Å². The second-order valence-corrected chi connectivity index (χ2v) is 6.37. The van der Waals surface area contributed by atoms with Crippen LogP contribution in [0.15, 0.2) is 0 Å². The van der Waals surface area contributed by atoms with Crippen LogP contribution < -0.4 is 5.32 Å². The first-order valence-corrected chi connectivity index (χ1v) is 6.90. The highest BCUT2D eigenvalue weighted by atomic mass is 16.1. The van der Waals surface area contributed by atoms with E-state index in [2.05, 4.69) is 5.32 Å². The molecular formula is C14H23NO. The van der Waals surface area contributed by atoms with Gasteiger partial charge in [0.15, 0.2) is 5.78 Å². The van der Waals surface area contributed by atoms with Gasteiger partial charge < -0.3 is 5.32 Å². The Labute approximate surface area is 98.2 Å². The van der Waals surface area contributed by atoms with Crippen LogP contribution in [-0.2, 0) is 4.79 Å². The predicted octanol–water partition coefficient (Wildman–Crippen LogP) is 2.24. The molecule has 4 bridgehead atoms. The minimum absolute atomic E-state index is 0.0579. The van der Waals surface area contributed by atoms with E-state index in [1.807, 2.05) is 14.0 Å². The van der Waals surface area contributed by atoms with Crippen LogP contribution in [0.25, 0.3) is 0 Å². The molecule has 0 aromatic rings. The van der Waals surface area contributed by atoms with E-state index < -0.39 is 0 Å². The first-order chi connectivity index (χ1) is 7.69. The molecule has 0 aromatic carbocycles. The van der Waals surface area contributed by atoms with Crippen LogP contribution in [0, 0.1) is 29.6 Å². The van der Waals surface area contributed by atoms with Gasteiger partial charge >= 0.3 is 0 Å². The molecule has 90 valence electrons. The molecule has 4 saturated carbocycles. The molecule has 4 fully saturated rings. The van der Waals surface area contributed by atoms with Crippen molar-refractivity contribution in [3.05, 3.63) is 0 Å². The molecule has 0 heterocycles. The number of carbonyl (C=O) groups is 1. The number of likely N-dealkylation sites (N-methyl/N-ethyl adjacent to an activating group) is 1. The number of hydrogen-bond donors (Lipinski definition) is 1. The normalized spacial score (nSPS) is 47.0. The molecule has 0 aromatic heterocycles. The van der Waals surface area contributed by atoms with Gasteiger partial charge in [0.2, 0.25) is 0 Å². The Morgan fingerprint density at radius 1 is 1.06 bits per heavy atom. The van der Waals surface area contributed by atoms with Crippen molar-refractivity contribution in [3.8, 4) is 0 Å². The average molecular weight is 221 g/mol. The summed E-state index contributed by atoms with van der Waals surface area (Å²) in [7, 11) is 1.90. The number of rotatable bonds is 3. The fourth-order valence-corrected chi connectivity index (χ4v) is 4.82. The third-order valence-electron chi connectivity index (χ3n) is 5.42. The number of ketones is 1. The van der Waals surface area contributed by atoms with Gasteiger partial charge in [0.25, 0.3) is 0 Å². The van der Waals surface area contributed by atoms with Crippen molar-refractivity contribution >= 4 is 5.78 Å². The molecule has 1 atom stereocenters. The maximum Gasteiger partial charge on any atom is 0.153 e. The van der Waals surface area contributed by atoms with Gasteiger partial charge in [0.05, 0.1) is 6.04 Å². The van der Waals surface area contributed by atoms with Gasteiger partial charge in [-0.05, 0) is 69.7 Å². The van der Waals surface area contributed by atoms with Crippen molar-refractivity contribution in [1.29, 1.82) is 0 Å². The molecule has 0 spiro atoms. The lowest BCUT2D eigenvalue weighted by Crippen LogP contribution is -2.51. The fourth-order valence-electron chi connectivity index (χ4n) is 4.82. The second-order valence-electron chi connectivity index (χ2n) is 6.37. The summed E-state index contributed by atoms with van der Waals surface area (Å²) in [5, 5.41) is 3.12. The summed E-state index contributed by atoms with van der Waals surface area (Å²) in [6, 6.07) is 0.0579. The molecule has 16 heavy (non-hydrogen) atoms. The number of carbonyl (C=O) groups excluding carboxylic acids is 1. The van der Waals surface area contributed by atoms with E-state index in [1.165, 1.54) is 32.1 Å².